The van der Waals surface area contributed by atoms with Crippen LogP contribution >= 0.6 is 0 Å². The molecule has 0 unspecified atom stereocenters. The van der Waals surface area contributed by atoms with Crippen LogP contribution in [0.1, 0.15) is 11.1 Å². The Bertz CT molecular complexity index is 909. The Kier molecular flexibility index (Phi) is 4.62. The molecule has 0 saturated heterocycles. The zero-order chi connectivity index (χ0) is 17.8. The first-order chi connectivity index (χ1) is 12.1. The van der Waals surface area contributed by atoms with Gasteiger partial charge < -0.3 is 10.1 Å². The molecule has 0 radical (unpaired) electrons. The van der Waals surface area contributed by atoms with Crippen LogP contribution in [0.5, 0.6) is 5.75 Å². The molecule has 1 atom stereocenters. The number of carbonyl (C=O) groups excluding carboxylic acids is 2. The fourth-order valence-electron chi connectivity index (χ4n) is 2.62. The summed E-state index contributed by atoms with van der Waals surface area (Å²) < 4.78 is 5.54. The minimum absolute atomic E-state index is 0.0474. The quantitative estimate of drug-likeness (QED) is 0.873. The maximum absolute atomic E-state index is 12.6. The molecule has 1 amide bonds. The summed E-state index contributed by atoms with van der Waals surface area (Å²) in [5.74, 6) is -1.92. The molecule has 1 aliphatic rings. The van der Waals surface area contributed by atoms with Crippen LogP contribution in [0.3, 0.4) is 0 Å². The number of aryl methyl sites for hydroxylation is 1. The monoisotopic (exact) mass is 332 g/mol. The van der Waals surface area contributed by atoms with Crippen LogP contribution in [0.2, 0.25) is 0 Å². The van der Waals surface area contributed by atoms with Gasteiger partial charge in [-0.15, -0.1) is 0 Å². The molecule has 5 heteroatoms. The highest BCUT2D eigenvalue weighted by Gasteiger charge is 2.30. The average Bonchev–Trinajstić information content (AvgIpc) is 2.61. The number of rotatable bonds is 4. The molecule has 5 nitrogen and oxygen atoms in total. The number of anilines is 1. The highest BCUT2D eigenvalue weighted by Crippen LogP contribution is 2.27. The third-order valence-corrected chi connectivity index (χ3v) is 3.89. The van der Waals surface area contributed by atoms with E-state index in [9.17, 15) is 14.9 Å². The number of para-hydroxylation sites is 1. The number of carbonyl (C=O) groups is 2. The van der Waals surface area contributed by atoms with Crippen molar-refractivity contribution < 1.29 is 14.3 Å². The van der Waals surface area contributed by atoms with Gasteiger partial charge in [-0.3, -0.25) is 9.59 Å². The van der Waals surface area contributed by atoms with E-state index in [1.54, 1.807) is 36.4 Å². The fraction of sp³-hybridized carbons (Fsp3) is 0.150. The Morgan fingerprint density at radius 1 is 1.20 bits per heavy atom. The van der Waals surface area contributed by atoms with Crippen molar-refractivity contribution in [3.8, 4) is 11.8 Å². The standard InChI is InChI=1S/C20H16N2O3/c1-13-5-4-7-16(9-13)22-20(24)17(11-21)19(23)15-10-14-6-2-3-8-18(14)25-12-15/h2-10,17H,12H2,1H3,(H,22,24)/t17-/m1/s1. The van der Waals surface area contributed by atoms with E-state index in [2.05, 4.69) is 5.32 Å². The van der Waals surface area contributed by atoms with Gasteiger partial charge >= 0.3 is 0 Å². The van der Waals surface area contributed by atoms with E-state index in [-0.39, 0.29) is 6.61 Å². The summed E-state index contributed by atoms with van der Waals surface area (Å²) in [6, 6.07) is 16.3. The molecule has 3 rings (SSSR count). The predicted octanol–water partition coefficient (Wildman–Crippen LogP) is 3.12. The van der Waals surface area contributed by atoms with Crippen molar-refractivity contribution in [2.24, 2.45) is 5.92 Å². The van der Waals surface area contributed by atoms with Crippen molar-refractivity contribution in [3.63, 3.8) is 0 Å². The lowest BCUT2D eigenvalue weighted by molar-refractivity contribution is -0.126. The number of Topliss-reactive ketones (excluding diaryl/α,β-unsaturated/α-hetero) is 1. The molecule has 0 spiro atoms. The maximum Gasteiger partial charge on any atom is 0.249 e. The highest BCUT2D eigenvalue weighted by atomic mass is 16.5. The molecule has 0 saturated carbocycles. The van der Waals surface area contributed by atoms with Crippen LogP contribution in [0.25, 0.3) is 6.08 Å². The van der Waals surface area contributed by atoms with Gasteiger partial charge in [-0.2, -0.15) is 5.26 Å². The number of nitriles is 1. The average molecular weight is 332 g/mol. The molecule has 0 aromatic heterocycles. The molecule has 1 heterocycles. The summed E-state index contributed by atoms with van der Waals surface area (Å²) in [5, 5.41) is 11.9. The topological polar surface area (TPSA) is 79.2 Å². The van der Waals surface area contributed by atoms with E-state index in [0.717, 1.165) is 11.1 Å². The number of hydrogen-bond acceptors (Lipinski definition) is 4. The molecule has 0 fully saturated rings. The van der Waals surface area contributed by atoms with Gasteiger partial charge in [0.2, 0.25) is 5.91 Å². The van der Waals surface area contributed by atoms with Crippen LogP contribution < -0.4 is 10.1 Å². The molecule has 1 aliphatic heterocycles. The molecule has 2 aromatic carbocycles. The molecule has 25 heavy (non-hydrogen) atoms. The van der Waals surface area contributed by atoms with E-state index in [1.807, 2.05) is 31.2 Å². The zero-order valence-electron chi connectivity index (χ0n) is 13.7. The van der Waals surface area contributed by atoms with Gasteiger partial charge in [0, 0.05) is 16.8 Å². The molecule has 0 aliphatic carbocycles. The summed E-state index contributed by atoms with van der Waals surface area (Å²) in [7, 11) is 0. The maximum atomic E-state index is 12.6. The molecule has 2 aromatic rings. The second-order valence-electron chi connectivity index (χ2n) is 5.78. The first-order valence-corrected chi connectivity index (χ1v) is 7.82. The highest BCUT2D eigenvalue weighted by molar-refractivity contribution is 6.17. The Morgan fingerprint density at radius 3 is 2.76 bits per heavy atom. The van der Waals surface area contributed by atoms with E-state index >= 15 is 0 Å². The van der Waals surface area contributed by atoms with Gasteiger partial charge in [0.1, 0.15) is 12.4 Å². The molecule has 1 N–H and O–H groups in total. The molecule has 0 bridgehead atoms. The van der Waals surface area contributed by atoms with Crippen LogP contribution in [0.4, 0.5) is 5.69 Å². The van der Waals surface area contributed by atoms with E-state index in [1.165, 1.54) is 0 Å². The minimum atomic E-state index is -1.42. The van der Waals surface area contributed by atoms with Gasteiger partial charge in [0.05, 0.1) is 6.07 Å². The second kappa shape index (κ2) is 7.02. The van der Waals surface area contributed by atoms with Crippen molar-refractivity contribution in [1.82, 2.24) is 0 Å². The van der Waals surface area contributed by atoms with Gasteiger partial charge in [-0.05, 0) is 36.8 Å². The van der Waals surface area contributed by atoms with Crippen LogP contribution in [0, 0.1) is 24.2 Å². The molecular weight excluding hydrogens is 316 g/mol. The first-order valence-electron chi connectivity index (χ1n) is 7.82. The lowest BCUT2D eigenvalue weighted by Gasteiger charge is -2.18. The van der Waals surface area contributed by atoms with Crippen LogP contribution in [-0.4, -0.2) is 18.3 Å². The SMILES string of the molecule is Cc1cccc(NC(=O)[C@H](C#N)C(=O)C2=Cc3ccccc3OC2)c1. The zero-order valence-corrected chi connectivity index (χ0v) is 13.7. The Balaban J connectivity index is 1.79. The third-order valence-electron chi connectivity index (χ3n) is 3.89. The normalized spacial score (nSPS) is 13.5. The number of ketones is 1. The van der Waals surface area contributed by atoms with Crippen molar-refractivity contribution in [1.29, 1.82) is 5.26 Å². The smallest absolute Gasteiger partial charge is 0.249 e. The van der Waals surface area contributed by atoms with Crippen LogP contribution in [-0.2, 0) is 9.59 Å². The molecular formula is C20H16N2O3. The first kappa shape index (κ1) is 16.5. The summed E-state index contributed by atoms with van der Waals surface area (Å²) in [4.78, 5) is 25.0. The fourth-order valence-corrected chi connectivity index (χ4v) is 2.62. The van der Waals surface area contributed by atoms with Gasteiger partial charge in [-0.1, -0.05) is 30.3 Å². The number of benzene rings is 2. The number of nitrogens with zero attached hydrogens (tertiary/aromatic N) is 1. The summed E-state index contributed by atoms with van der Waals surface area (Å²) >= 11 is 0. The number of fused-ring (bicyclic) bond motifs is 1. The van der Waals surface area contributed by atoms with Crippen molar-refractivity contribution in [2.45, 2.75) is 6.92 Å². The van der Waals surface area contributed by atoms with E-state index in [4.69, 9.17) is 4.74 Å². The second-order valence-corrected chi connectivity index (χ2v) is 5.78. The van der Waals surface area contributed by atoms with Crippen molar-refractivity contribution in [2.75, 3.05) is 11.9 Å². The molecule has 124 valence electrons. The van der Waals surface area contributed by atoms with Gasteiger partial charge in [-0.25, -0.2) is 0 Å². The largest absolute Gasteiger partial charge is 0.488 e. The lowest BCUT2D eigenvalue weighted by Crippen LogP contribution is -2.31. The van der Waals surface area contributed by atoms with E-state index < -0.39 is 17.6 Å². The van der Waals surface area contributed by atoms with E-state index in [0.29, 0.717) is 17.0 Å². The van der Waals surface area contributed by atoms with Crippen molar-refractivity contribution in [3.05, 3.63) is 65.2 Å². The minimum Gasteiger partial charge on any atom is -0.488 e. The summed E-state index contributed by atoms with van der Waals surface area (Å²) in [6.07, 6.45) is 1.67. The Morgan fingerprint density at radius 2 is 2.00 bits per heavy atom. The number of amides is 1. The lowest BCUT2D eigenvalue weighted by atomic mass is 9.95. The summed E-state index contributed by atoms with van der Waals surface area (Å²) in [5.41, 5.74) is 2.59. The van der Waals surface area contributed by atoms with Crippen molar-refractivity contribution >= 4 is 23.5 Å². The van der Waals surface area contributed by atoms with Crippen LogP contribution in [0.15, 0.2) is 54.1 Å². The number of hydrogen-bond donors (Lipinski definition) is 1. The van der Waals surface area contributed by atoms with Gasteiger partial charge in [0.25, 0.3) is 0 Å². The van der Waals surface area contributed by atoms with Gasteiger partial charge in [0.15, 0.2) is 11.7 Å². The Hall–Kier alpha value is -3.39. The summed E-state index contributed by atoms with van der Waals surface area (Å²) in [6.45, 7) is 1.94. The number of nitrogens with one attached hydrogen (secondary N) is 1. The predicted molar refractivity (Wildman–Crippen MR) is 93.8 cm³/mol. The third kappa shape index (κ3) is 3.59. The number of ether oxygens (including phenoxy) is 1. The Labute approximate surface area is 145 Å².